The van der Waals surface area contributed by atoms with Gasteiger partial charge in [0.1, 0.15) is 5.82 Å². The number of nitrogens with two attached hydrogens (primary N) is 1. The molecule has 0 unspecified atom stereocenters. The van der Waals surface area contributed by atoms with Crippen LogP contribution in [0, 0.1) is 11.7 Å². The van der Waals surface area contributed by atoms with Crippen LogP contribution in [0.3, 0.4) is 0 Å². The van der Waals surface area contributed by atoms with Gasteiger partial charge >= 0.3 is 0 Å². The minimum absolute atomic E-state index is 0.0913. The maximum absolute atomic E-state index is 13.5. The van der Waals surface area contributed by atoms with Gasteiger partial charge in [-0.2, -0.15) is 0 Å². The Labute approximate surface area is 118 Å². The molecular formula is C14H19ClFN3. The van der Waals surface area contributed by atoms with Gasteiger partial charge in [-0.15, -0.1) is 0 Å². The van der Waals surface area contributed by atoms with Crippen LogP contribution in [-0.4, -0.2) is 37.6 Å². The van der Waals surface area contributed by atoms with Gasteiger partial charge in [0.2, 0.25) is 0 Å². The van der Waals surface area contributed by atoms with E-state index in [1.54, 1.807) is 0 Å². The molecule has 1 aliphatic heterocycles. The van der Waals surface area contributed by atoms with Gasteiger partial charge in [-0.05, 0) is 24.8 Å². The zero-order valence-electron chi connectivity index (χ0n) is 10.9. The summed E-state index contributed by atoms with van der Waals surface area (Å²) in [6.45, 7) is 5.08. The molecule has 2 fully saturated rings. The summed E-state index contributed by atoms with van der Waals surface area (Å²) >= 11 is 5.73. The summed E-state index contributed by atoms with van der Waals surface area (Å²) in [7, 11) is 0. The molecule has 2 N–H and O–H groups in total. The Morgan fingerprint density at radius 1 is 1.21 bits per heavy atom. The lowest BCUT2D eigenvalue weighted by Gasteiger charge is -2.36. The van der Waals surface area contributed by atoms with Gasteiger partial charge in [0.15, 0.2) is 0 Å². The Bertz CT molecular complexity index is 468. The van der Waals surface area contributed by atoms with Gasteiger partial charge in [0.05, 0.1) is 16.4 Å². The first-order valence-corrected chi connectivity index (χ1v) is 7.23. The molecule has 19 heavy (non-hydrogen) atoms. The van der Waals surface area contributed by atoms with E-state index in [2.05, 4.69) is 9.80 Å². The minimum atomic E-state index is -0.397. The zero-order valence-corrected chi connectivity index (χ0v) is 11.7. The molecule has 0 aromatic heterocycles. The van der Waals surface area contributed by atoms with Crippen molar-refractivity contribution in [3.63, 3.8) is 0 Å². The van der Waals surface area contributed by atoms with Crippen LogP contribution in [0.1, 0.15) is 12.8 Å². The molecule has 1 saturated carbocycles. The van der Waals surface area contributed by atoms with Crippen molar-refractivity contribution in [1.29, 1.82) is 0 Å². The Kier molecular flexibility index (Phi) is 3.54. The van der Waals surface area contributed by atoms with Gasteiger partial charge in [-0.25, -0.2) is 4.39 Å². The number of benzene rings is 1. The maximum atomic E-state index is 13.5. The summed E-state index contributed by atoms with van der Waals surface area (Å²) in [4.78, 5) is 4.65. The van der Waals surface area contributed by atoms with Crippen molar-refractivity contribution >= 4 is 23.0 Å². The van der Waals surface area contributed by atoms with Gasteiger partial charge in [0, 0.05) is 38.8 Å². The normalized spacial score (nSPS) is 20.8. The van der Waals surface area contributed by atoms with Gasteiger partial charge in [0.25, 0.3) is 0 Å². The molecule has 5 heteroatoms. The average Bonchev–Trinajstić information content (AvgIpc) is 3.19. The van der Waals surface area contributed by atoms with Crippen molar-refractivity contribution < 1.29 is 4.39 Å². The first kappa shape index (κ1) is 13.0. The Morgan fingerprint density at radius 3 is 2.53 bits per heavy atom. The highest BCUT2D eigenvalue weighted by molar-refractivity contribution is 6.31. The molecule has 3 rings (SSSR count). The number of hydrogen-bond donors (Lipinski definition) is 1. The number of hydrogen-bond acceptors (Lipinski definition) is 3. The summed E-state index contributed by atoms with van der Waals surface area (Å²) < 4.78 is 13.5. The van der Waals surface area contributed by atoms with Crippen molar-refractivity contribution in [2.24, 2.45) is 5.92 Å². The Morgan fingerprint density at radius 2 is 1.89 bits per heavy atom. The standard InChI is InChI=1S/C14H19ClFN3/c15-11-7-13(17)14(8-12(11)16)19-5-3-18(4-6-19)9-10-1-2-10/h7-8,10H,1-6,9,17H2. The van der Waals surface area contributed by atoms with Crippen molar-refractivity contribution in [3.05, 3.63) is 23.0 Å². The van der Waals surface area contributed by atoms with E-state index in [1.165, 1.54) is 31.5 Å². The fourth-order valence-electron chi connectivity index (χ4n) is 2.66. The maximum Gasteiger partial charge on any atom is 0.144 e. The second kappa shape index (κ2) is 5.17. The third kappa shape index (κ3) is 2.95. The zero-order chi connectivity index (χ0) is 13.4. The van der Waals surface area contributed by atoms with Crippen LogP contribution >= 0.6 is 11.6 Å². The molecule has 0 radical (unpaired) electrons. The Hall–Kier alpha value is -1.00. The van der Waals surface area contributed by atoms with E-state index in [-0.39, 0.29) is 5.02 Å². The van der Waals surface area contributed by atoms with Crippen LogP contribution in [-0.2, 0) is 0 Å². The molecular weight excluding hydrogens is 265 g/mol. The fourth-order valence-corrected chi connectivity index (χ4v) is 2.83. The van der Waals surface area contributed by atoms with Crippen molar-refractivity contribution in [1.82, 2.24) is 4.90 Å². The van der Waals surface area contributed by atoms with E-state index in [0.717, 1.165) is 37.8 Å². The van der Waals surface area contributed by atoms with E-state index < -0.39 is 5.82 Å². The van der Waals surface area contributed by atoms with E-state index in [0.29, 0.717) is 5.69 Å². The molecule has 0 amide bonds. The monoisotopic (exact) mass is 283 g/mol. The van der Waals surface area contributed by atoms with Crippen LogP contribution < -0.4 is 10.6 Å². The Balaban J connectivity index is 1.65. The number of rotatable bonds is 3. The van der Waals surface area contributed by atoms with E-state index in [4.69, 9.17) is 17.3 Å². The molecule has 1 aromatic carbocycles. The van der Waals surface area contributed by atoms with Crippen molar-refractivity contribution in [3.8, 4) is 0 Å². The fraction of sp³-hybridized carbons (Fsp3) is 0.571. The highest BCUT2D eigenvalue weighted by Gasteiger charge is 2.27. The van der Waals surface area contributed by atoms with Gasteiger partial charge < -0.3 is 10.6 Å². The van der Waals surface area contributed by atoms with Crippen molar-refractivity contribution in [2.75, 3.05) is 43.4 Å². The third-order valence-electron chi connectivity index (χ3n) is 4.00. The number of nitrogen functional groups attached to an aromatic ring is 1. The van der Waals surface area contributed by atoms with Crippen molar-refractivity contribution in [2.45, 2.75) is 12.8 Å². The molecule has 1 aliphatic carbocycles. The highest BCUT2D eigenvalue weighted by atomic mass is 35.5. The minimum Gasteiger partial charge on any atom is -0.397 e. The predicted molar refractivity (Wildman–Crippen MR) is 77.2 cm³/mol. The molecule has 1 heterocycles. The van der Waals surface area contributed by atoms with E-state index in [1.807, 2.05) is 0 Å². The molecule has 2 aliphatic rings. The quantitative estimate of drug-likeness (QED) is 0.866. The number of nitrogens with zero attached hydrogens (tertiary/aromatic N) is 2. The molecule has 0 spiro atoms. The second-order valence-corrected chi connectivity index (χ2v) is 5.96. The largest absolute Gasteiger partial charge is 0.397 e. The summed E-state index contributed by atoms with van der Waals surface area (Å²) in [5, 5.41) is 0.0913. The lowest BCUT2D eigenvalue weighted by molar-refractivity contribution is 0.248. The number of halogens is 2. The summed E-state index contributed by atoms with van der Waals surface area (Å²) in [5.74, 6) is 0.524. The first-order chi connectivity index (χ1) is 9.13. The number of anilines is 2. The lowest BCUT2D eigenvalue weighted by atomic mass is 10.2. The molecule has 0 atom stereocenters. The van der Waals surface area contributed by atoms with E-state index >= 15 is 0 Å². The smallest absolute Gasteiger partial charge is 0.144 e. The van der Waals surface area contributed by atoms with Gasteiger partial charge in [-0.1, -0.05) is 11.6 Å². The predicted octanol–water partition coefficient (Wildman–Crippen LogP) is 2.59. The summed E-state index contributed by atoms with van der Waals surface area (Å²) in [6, 6.07) is 2.96. The molecule has 1 saturated heterocycles. The SMILES string of the molecule is Nc1cc(Cl)c(F)cc1N1CCN(CC2CC2)CC1. The second-order valence-electron chi connectivity index (χ2n) is 5.56. The van der Waals surface area contributed by atoms with E-state index in [9.17, 15) is 4.39 Å². The summed E-state index contributed by atoms with van der Waals surface area (Å²) in [5.41, 5.74) is 7.27. The lowest BCUT2D eigenvalue weighted by Crippen LogP contribution is -2.47. The molecule has 3 nitrogen and oxygen atoms in total. The van der Waals surface area contributed by atoms with Crippen LogP contribution in [0.15, 0.2) is 12.1 Å². The topological polar surface area (TPSA) is 32.5 Å². The average molecular weight is 284 g/mol. The van der Waals surface area contributed by atoms with Crippen LogP contribution in [0.25, 0.3) is 0 Å². The first-order valence-electron chi connectivity index (χ1n) is 6.85. The molecule has 1 aromatic rings. The number of piperazine rings is 1. The molecule has 0 bridgehead atoms. The van der Waals surface area contributed by atoms with Crippen LogP contribution in [0.5, 0.6) is 0 Å². The highest BCUT2D eigenvalue weighted by Crippen LogP contribution is 2.32. The van der Waals surface area contributed by atoms with Crippen LogP contribution in [0.2, 0.25) is 5.02 Å². The van der Waals surface area contributed by atoms with Crippen LogP contribution in [0.4, 0.5) is 15.8 Å². The van der Waals surface area contributed by atoms with Gasteiger partial charge in [-0.3, -0.25) is 4.90 Å². The molecule has 104 valence electrons. The third-order valence-corrected chi connectivity index (χ3v) is 4.29. The summed E-state index contributed by atoms with van der Waals surface area (Å²) in [6.07, 6.45) is 2.77.